The van der Waals surface area contributed by atoms with Crippen LogP contribution in [0.1, 0.15) is 17.5 Å². The summed E-state index contributed by atoms with van der Waals surface area (Å²) in [5, 5.41) is 147. The number of allylic oxidation sites excluding steroid dienone is 2. The molecule has 71 heavy (non-hydrogen) atoms. The molecule has 4 fully saturated rings. The lowest BCUT2D eigenvalue weighted by Crippen LogP contribution is -2.67. The predicted octanol–water partition coefficient (Wildman–Crippen LogP) is -5.68. The van der Waals surface area contributed by atoms with Gasteiger partial charge in [0.05, 0.1) is 47.1 Å². The molecule has 4 aliphatic rings. The zero-order valence-corrected chi connectivity index (χ0v) is 38.0. The number of methoxy groups -OCH3 is 2. The molecule has 2 aromatic rings. The second kappa shape index (κ2) is 25.1. The van der Waals surface area contributed by atoms with Gasteiger partial charge in [0, 0.05) is 0 Å². The molecule has 4 aliphatic heterocycles. The molecule has 6 rings (SSSR count). The van der Waals surface area contributed by atoms with Crippen molar-refractivity contribution in [1.29, 1.82) is 0 Å². The van der Waals surface area contributed by atoms with Gasteiger partial charge in [-0.15, -0.1) is 0 Å². The van der Waals surface area contributed by atoms with E-state index in [1.54, 1.807) is 6.07 Å². The van der Waals surface area contributed by atoms with Crippen molar-refractivity contribution in [2.24, 2.45) is 0 Å². The van der Waals surface area contributed by atoms with Crippen LogP contribution >= 0.6 is 0 Å². The van der Waals surface area contributed by atoms with Gasteiger partial charge >= 0.3 is 0 Å². The maximum atomic E-state index is 12.6. The number of aliphatic hydroxyl groups is 13. The monoisotopic (exact) mass is 1020 g/mol. The molecule has 26 heteroatoms. The Hall–Kier alpha value is -4.34. The first kappa shape index (κ1) is 56.0. The Morgan fingerprint density at radius 1 is 0.479 bits per heavy atom. The first-order valence-electron chi connectivity index (χ1n) is 22.2. The highest BCUT2D eigenvalue weighted by atomic mass is 16.8. The van der Waals surface area contributed by atoms with Gasteiger partial charge in [0.2, 0.25) is 6.29 Å². The summed E-state index contributed by atoms with van der Waals surface area (Å²) >= 11 is 0. The maximum Gasteiger partial charge on any atom is 0.229 e. The Balaban J connectivity index is 1.04. The Morgan fingerprint density at radius 3 is 1.30 bits per heavy atom. The van der Waals surface area contributed by atoms with Gasteiger partial charge in [0.15, 0.2) is 53.4 Å². The number of ketones is 2. The summed E-state index contributed by atoms with van der Waals surface area (Å²) in [4.78, 5) is 25.0. The van der Waals surface area contributed by atoms with Gasteiger partial charge in [-0.25, -0.2) is 0 Å². The molecule has 4 saturated heterocycles. The highest BCUT2D eigenvalue weighted by Crippen LogP contribution is 2.36. The van der Waals surface area contributed by atoms with E-state index in [0.29, 0.717) is 11.1 Å². The van der Waals surface area contributed by atoms with E-state index in [0.717, 1.165) is 0 Å². The van der Waals surface area contributed by atoms with Crippen molar-refractivity contribution in [2.45, 2.75) is 129 Å². The van der Waals surface area contributed by atoms with Crippen molar-refractivity contribution in [2.75, 3.05) is 40.6 Å². The number of hydrogen-bond donors (Lipinski definition) is 14. The van der Waals surface area contributed by atoms with Crippen LogP contribution in [0.3, 0.4) is 0 Å². The number of hydrogen-bond acceptors (Lipinski definition) is 26. The molecule has 0 amide bonds. The third-order valence-electron chi connectivity index (χ3n) is 12.1. The molecule has 0 unspecified atom stereocenters. The molecule has 396 valence electrons. The molecule has 0 spiro atoms. The average Bonchev–Trinajstić information content (AvgIpc) is 3.36. The number of aliphatic hydroxyl groups excluding tert-OH is 13. The van der Waals surface area contributed by atoms with Crippen LogP contribution in [0, 0.1) is 0 Å². The highest BCUT2D eigenvalue weighted by molar-refractivity contribution is 6.10. The lowest BCUT2D eigenvalue weighted by molar-refractivity contribution is -0.387. The molecule has 0 radical (unpaired) electrons. The number of rotatable bonds is 20. The fourth-order valence-corrected chi connectivity index (χ4v) is 8.10. The van der Waals surface area contributed by atoms with Gasteiger partial charge in [-0.2, -0.15) is 0 Å². The molecular weight excluding hydrogens is 956 g/mol. The number of aromatic hydroxyl groups is 1. The molecule has 0 saturated carbocycles. The quantitative estimate of drug-likeness (QED) is 0.0434. The fraction of sp³-hybridized carbons (Fsp3) is 0.600. The smallest absolute Gasteiger partial charge is 0.229 e. The molecule has 4 heterocycles. The van der Waals surface area contributed by atoms with Crippen molar-refractivity contribution >= 4 is 23.7 Å². The lowest BCUT2D eigenvalue weighted by atomic mass is 9.95. The van der Waals surface area contributed by atoms with Gasteiger partial charge in [-0.05, 0) is 47.5 Å². The number of phenols is 1. The first-order chi connectivity index (χ1) is 33.9. The van der Waals surface area contributed by atoms with E-state index in [4.69, 9.17) is 47.4 Å². The van der Waals surface area contributed by atoms with Crippen LogP contribution in [0.4, 0.5) is 0 Å². The van der Waals surface area contributed by atoms with Gasteiger partial charge in [-0.1, -0.05) is 24.3 Å². The van der Waals surface area contributed by atoms with Crippen LogP contribution in [0.15, 0.2) is 48.6 Å². The minimum atomic E-state index is -2.09. The number of carbonyl (C=O) groups excluding carboxylic acids is 2. The normalized spacial score (nSPS) is 37.8. The van der Waals surface area contributed by atoms with Gasteiger partial charge < -0.3 is 119 Å². The summed E-state index contributed by atoms with van der Waals surface area (Å²) in [5.74, 6) is -0.825. The van der Waals surface area contributed by atoms with Crippen LogP contribution in [-0.4, -0.2) is 247 Å². The SMILES string of the molecule is COc1cc(/C=C/C(=O)CC(=O)/C=C/c2ccc(O[C@@H]3O[C@H](CO)[C@@H](O[C@H]4O[C@H](CO)[C@@H](O[C@H]5O[C@H](CO)[C@@H](O[C@H]6O[C@H](CO)[C@@H](O)[C@H](O)[C@H]6O)[C@H](O)[C@H]5O)[C@H](O)[C@H]4O)[C@H](O)[C@H]3O)c(OC)c2)ccc1O. The summed E-state index contributed by atoms with van der Waals surface area (Å²) in [6, 6.07) is 8.81. The van der Waals surface area contributed by atoms with Crippen molar-refractivity contribution in [3.63, 3.8) is 0 Å². The van der Waals surface area contributed by atoms with E-state index in [-0.39, 0.29) is 23.0 Å². The molecule has 26 nitrogen and oxygen atoms in total. The van der Waals surface area contributed by atoms with Crippen molar-refractivity contribution in [1.82, 2.24) is 0 Å². The van der Waals surface area contributed by atoms with E-state index >= 15 is 0 Å². The number of carbonyl (C=O) groups is 2. The molecule has 14 N–H and O–H groups in total. The molecule has 0 aromatic heterocycles. The zero-order chi connectivity index (χ0) is 51.8. The average molecular weight is 1020 g/mol. The predicted molar refractivity (Wildman–Crippen MR) is 233 cm³/mol. The number of ether oxygens (including phenoxy) is 10. The van der Waals surface area contributed by atoms with Crippen LogP contribution < -0.4 is 14.2 Å². The summed E-state index contributed by atoms with van der Waals surface area (Å²) in [6.45, 7) is -3.57. The van der Waals surface area contributed by atoms with E-state index in [1.807, 2.05) is 0 Å². The van der Waals surface area contributed by atoms with Gasteiger partial charge in [0.1, 0.15) is 97.7 Å². The topological polar surface area (TPSA) is 410 Å². The molecular formula is C45H60O26. The standard InChI is InChI=1S/C45H60O26/c1-62-24-11-18(5-9-22(24)52)3-7-20(50)13-21(51)8-4-19-6-10-23(25(12-19)63-2)64-42-36(59)32(55)39(27(15-47)66-42)70-44-38(61)34(57)41(29(17-49)68-44)71-45-37(60)33(56)40(28(16-48)67-45)69-43-35(58)31(54)30(53)26(14-46)65-43/h3-12,26-49,52-61H,13-17H2,1-2H3/b7-3+,8-4+/t26-,27-,28-,29-,30-,31+,32-,33-,34-,35-,36-,37-,38-,39-,40-,41-,42-,43-,44-,45-/m1/s1. The first-order valence-corrected chi connectivity index (χ1v) is 22.2. The number of benzene rings is 2. The summed E-state index contributed by atoms with van der Waals surface area (Å²) in [7, 11) is 2.67. The van der Waals surface area contributed by atoms with Crippen molar-refractivity contribution in [3.05, 3.63) is 59.7 Å². The Morgan fingerprint density at radius 2 is 0.859 bits per heavy atom. The lowest BCUT2D eigenvalue weighted by Gasteiger charge is -2.49. The third-order valence-corrected chi connectivity index (χ3v) is 12.1. The van der Waals surface area contributed by atoms with E-state index < -0.39 is 167 Å². The fourth-order valence-electron chi connectivity index (χ4n) is 8.10. The van der Waals surface area contributed by atoms with Crippen LogP contribution in [-0.2, 0) is 42.7 Å². The Kier molecular flexibility index (Phi) is 19.8. The minimum absolute atomic E-state index is 0.0258. The van der Waals surface area contributed by atoms with E-state index in [1.165, 1.54) is 68.9 Å². The largest absolute Gasteiger partial charge is 0.504 e. The van der Waals surface area contributed by atoms with Crippen LogP contribution in [0.5, 0.6) is 23.0 Å². The number of phenolic OH excluding ortho intramolecular Hbond substituents is 1. The van der Waals surface area contributed by atoms with Crippen LogP contribution in [0.25, 0.3) is 12.2 Å². The molecule has 0 aliphatic carbocycles. The second-order valence-electron chi connectivity index (χ2n) is 16.9. The second-order valence-corrected chi connectivity index (χ2v) is 16.9. The van der Waals surface area contributed by atoms with Gasteiger partial charge in [0.25, 0.3) is 0 Å². The van der Waals surface area contributed by atoms with Crippen molar-refractivity contribution < 1.29 is 128 Å². The molecule has 20 atom stereocenters. The van der Waals surface area contributed by atoms with Crippen molar-refractivity contribution in [3.8, 4) is 23.0 Å². The Bertz CT molecular complexity index is 2120. The van der Waals surface area contributed by atoms with E-state index in [2.05, 4.69) is 0 Å². The third kappa shape index (κ3) is 12.9. The maximum absolute atomic E-state index is 12.6. The van der Waals surface area contributed by atoms with Gasteiger partial charge in [-0.3, -0.25) is 9.59 Å². The summed E-state index contributed by atoms with van der Waals surface area (Å²) in [5.41, 5.74) is 0.988. The molecule has 2 aromatic carbocycles. The Labute approximate surface area is 404 Å². The zero-order valence-electron chi connectivity index (χ0n) is 38.0. The summed E-state index contributed by atoms with van der Waals surface area (Å²) < 4.78 is 55.5. The van der Waals surface area contributed by atoms with E-state index in [9.17, 15) is 81.1 Å². The summed E-state index contributed by atoms with van der Waals surface area (Å²) in [6.07, 6.45) is -31.4. The molecule has 0 bridgehead atoms. The highest BCUT2D eigenvalue weighted by Gasteiger charge is 2.55. The van der Waals surface area contributed by atoms with Crippen LogP contribution in [0.2, 0.25) is 0 Å². The minimum Gasteiger partial charge on any atom is -0.504 e.